The van der Waals surface area contributed by atoms with E-state index in [2.05, 4.69) is 56.2 Å². The van der Waals surface area contributed by atoms with Crippen molar-refractivity contribution in [2.45, 2.75) is 104 Å². The first-order valence-corrected chi connectivity index (χ1v) is 13.6. The Morgan fingerprint density at radius 3 is 1.41 bits per heavy atom. The van der Waals surface area contributed by atoms with Crippen molar-refractivity contribution >= 4 is 0 Å². The van der Waals surface area contributed by atoms with Gasteiger partial charge < -0.3 is 14.4 Å². The van der Waals surface area contributed by atoms with Crippen LogP contribution in [-0.4, -0.2) is 97.5 Å². The molecule has 0 atom stereocenters. The lowest BCUT2D eigenvalue weighted by Crippen LogP contribution is -2.69. The van der Waals surface area contributed by atoms with E-state index in [-0.39, 0.29) is 0 Å². The molecule has 0 radical (unpaired) electrons. The van der Waals surface area contributed by atoms with E-state index < -0.39 is 0 Å². The van der Waals surface area contributed by atoms with Crippen LogP contribution in [0.4, 0.5) is 0 Å². The molecule has 0 aromatic carbocycles. The molecule has 1 saturated carbocycles. The fourth-order valence-electron chi connectivity index (χ4n) is 6.14. The summed E-state index contributed by atoms with van der Waals surface area (Å²) in [5.41, 5.74) is 1.75. The summed E-state index contributed by atoms with van der Waals surface area (Å²) in [6.07, 6.45) is 8.80. The van der Waals surface area contributed by atoms with Crippen LogP contribution in [0.3, 0.4) is 0 Å². The highest BCUT2D eigenvalue weighted by Crippen LogP contribution is 2.49. The molecule has 5 heteroatoms. The van der Waals surface area contributed by atoms with E-state index in [0.717, 1.165) is 37.3 Å². The van der Waals surface area contributed by atoms with Crippen LogP contribution in [0.2, 0.25) is 0 Å². The summed E-state index contributed by atoms with van der Waals surface area (Å²) in [5.74, 6) is 0. The Balaban J connectivity index is 0.000000115. The van der Waals surface area contributed by atoms with Crippen molar-refractivity contribution in [3.8, 4) is 0 Å². The summed E-state index contributed by atoms with van der Waals surface area (Å²) < 4.78 is 10.7. The van der Waals surface area contributed by atoms with Gasteiger partial charge in [0.2, 0.25) is 0 Å². The third kappa shape index (κ3) is 5.38. The molecule has 6 aliphatic rings. The minimum Gasteiger partial charge on any atom is -0.380 e. The second-order valence-corrected chi connectivity index (χ2v) is 12.8. The lowest BCUT2D eigenvalue weighted by molar-refractivity contribution is -0.227. The van der Waals surface area contributed by atoms with Crippen molar-refractivity contribution in [3.05, 3.63) is 0 Å². The van der Waals surface area contributed by atoms with Crippen molar-refractivity contribution in [1.82, 2.24) is 14.7 Å². The Morgan fingerprint density at radius 1 is 0.594 bits per heavy atom. The molecule has 0 N–H and O–H groups in total. The normalized spacial score (nSPS) is 29.9. The minimum absolute atomic E-state index is 0.324. The molecule has 5 aliphatic heterocycles. The largest absolute Gasteiger partial charge is 0.380 e. The summed E-state index contributed by atoms with van der Waals surface area (Å²) in [4.78, 5) is 7.59. The average Bonchev–Trinajstić information content (AvgIpc) is 2.56. The second kappa shape index (κ2) is 9.81. The van der Waals surface area contributed by atoms with Gasteiger partial charge >= 0.3 is 0 Å². The van der Waals surface area contributed by atoms with Crippen LogP contribution in [0, 0.1) is 10.8 Å². The van der Waals surface area contributed by atoms with Crippen LogP contribution in [0.25, 0.3) is 0 Å². The van der Waals surface area contributed by atoms with E-state index in [1.54, 1.807) is 0 Å². The van der Waals surface area contributed by atoms with Crippen molar-refractivity contribution in [2.24, 2.45) is 10.8 Å². The van der Waals surface area contributed by atoms with Gasteiger partial charge in [-0.25, -0.2) is 0 Å². The molecular formula is C27H51N3O2. The fourth-order valence-corrected chi connectivity index (χ4v) is 6.14. The van der Waals surface area contributed by atoms with Gasteiger partial charge in [-0.1, -0.05) is 6.42 Å². The van der Waals surface area contributed by atoms with Crippen LogP contribution in [0.1, 0.15) is 80.1 Å². The van der Waals surface area contributed by atoms with Gasteiger partial charge in [-0.3, -0.25) is 9.80 Å². The Bertz CT molecular complexity index is 548. The van der Waals surface area contributed by atoms with E-state index in [1.165, 1.54) is 77.8 Å². The van der Waals surface area contributed by atoms with Crippen LogP contribution >= 0.6 is 0 Å². The van der Waals surface area contributed by atoms with Gasteiger partial charge in [0, 0.05) is 56.1 Å². The Labute approximate surface area is 198 Å². The van der Waals surface area contributed by atoms with Crippen molar-refractivity contribution in [2.75, 3.05) is 59.1 Å². The van der Waals surface area contributed by atoms with E-state index >= 15 is 0 Å². The first kappa shape index (κ1) is 24.9. The molecule has 5 heterocycles. The first-order valence-electron chi connectivity index (χ1n) is 13.6. The third-order valence-electron chi connectivity index (χ3n) is 9.31. The molecule has 1 aliphatic carbocycles. The number of ether oxygens (including phenoxy) is 2. The molecule has 0 aromatic rings. The molecule has 5 saturated heterocycles. The van der Waals surface area contributed by atoms with Crippen LogP contribution < -0.4 is 0 Å². The smallest absolute Gasteiger partial charge is 0.0956 e. The quantitative estimate of drug-likeness (QED) is 0.642. The molecule has 0 unspecified atom stereocenters. The molecule has 0 bridgehead atoms. The van der Waals surface area contributed by atoms with Gasteiger partial charge in [0.25, 0.3) is 0 Å². The molecule has 186 valence electrons. The van der Waals surface area contributed by atoms with Gasteiger partial charge in [0.15, 0.2) is 0 Å². The molecule has 5 nitrogen and oxygen atoms in total. The molecule has 6 fully saturated rings. The van der Waals surface area contributed by atoms with Crippen molar-refractivity contribution < 1.29 is 9.47 Å². The third-order valence-corrected chi connectivity index (χ3v) is 9.31. The summed E-state index contributed by atoms with van der Waals surface area (Å²) in [6, 6.07) is 2.20. The fraction of sp³-hybridized carbons (Fsp3) is 1.00. The van der Waals surface area contributed by atoms with Crippen molar-refractivity contribution in [1.29, 1.82) is 0 Å². The Kier molecular flexibility index (Phi) is 7.64. The average molecular weight is 450 g/mol. The summed E-state index contributed by atoms with van der Waals surface area (Å²) in [7, 11) is 0. The summed E-state index contributed by atoms with van der Waals surface area (Å²) in [5, 5.41) is 0. The second-order valence-electron chi connectivity index (χ2n) is 12.8. The van der Waals surface area contributed by atoms with Gasteiger partial charge in [-0.05, 0) is 85.7 Å². The SMILES string of the molecule is CC(C)N1CC2(CCO2)C1.CC(C)N1CC2(COC2)C1.CC(C)N1CCC2(CCC2)CC1. The van der Waals surface area contributed by atoms with E-state index in [0.29, 0.717) is 17.1 Å². The molecule has 0 amide bonds. The lowest BCUT2D eigenvalue weighted by atomic mass is 9.63. The maximum absolute atomic E-state index is 5.49. The highest BCUT2D eigenvalue weighted by atomic mass is 16.5. The van der Waals surface area contributed by atoms with Gasteiger partial charge in [-0.2, -0.15) is 0 Å². The number of piperidine rings is 1. The molecular weight excluding hydrogens is 398 g/mol. The van der Waals surface area contributed by atoms with Crippen LogP contribution in [-0.2, 0) is 9.47 Å². The maximum Gasteiger partial charge on any atom is 0.0956 e. The predicted molar refractivity (Wildman–Crippen MR) is 132 cm³/mol. The highest BCUT2D eigenvalue weighted by Gasteiger charge is 2.50. The van der Waals surface area contributed by atoms with E-state index in [9.17, 15) is 0 Å². The summed E-state index contributed by atoms with van der Waals surface area (Å²) in [6.45, 7) is 24.2. The maximum atomic E-state index is 5.49. The number of hydrogen-bond donors (Lipinski definition) is 0. The zero-order chi connectivity index (χ0) is 23.0. The van der Waals surface area contributed by atoms with Crippen LogP contribution in [0.5, 0.6) is 0 Å². The topological polar surface area (TPSA) is 28.2 Å². The van der Waals surface area contributed by atoms with Gasteiger partial charge in [0.05, 0.1) is 25.4 Å². The number of likely N-dealkylation sites (tertiary alicyclic amines) is 3. The predicted octanol–water partition coefficient (Wildman–Crippen LogP) is 4.26. The zero-order valence-electron chi connectivity index (χ0n) is 22.0. The van der Waals surface area contributed by atoms with E-state index in [4.69, 9.17) is 9.47 Å². The number of nitrogens with zero attached hydrogens (tertiary/aromatic N) is 3. The molecule has 6 rings (SSSR count). The van der Waals surface area contributed by atoms with Gasteiger partial charge in [-0.15, -0.1) is 0 Å². The molecule has 0 aromatic heterocycles. The highest BCUT2D eigenvalue weighted by molar-refractivity contribution is 5.02. The minimum atomic E-state index is 0.324. The van der Waals surface area contributed by atoms with E-state index in [1.807, 2.05) is 0 Å². The van der Waals surface area contributed by atoms with Crippen molar-refractivity contribution in [3.63, 3.8) is 0 Å². The first-order chi connectivity index (χ1) is 15.2. The molecule has 3 spiro atoms. The zero-order valence-corrected chi connectivity index (χ0v) is 22.0. The van der Waals surface area contributed by atoms with Crippen LogP contribution in [0.15, 0.2) is 0 Å². The standard InChI is InChI=1S/C11H21N.2C8H15NO/c1-10(2)12-8-6-11(7-9-12)4-3-5-11;1-7(2)9-3-8(4-9)5-10-6-8;1-7(2)9-5-8(6-9)3-4-10-8/h10H,3-9H2,1-2H3;2*7H,3-6H2,1-2H3. The van der Waals surface area contributed by atoms with Gasteiger partial charge in [0.1, 0.15) is 0 Å². The Hall–Kier alpha value is -0.200. The number of rotatable bonds is 3. The lowest BCUT2D eigenvalue weighted by Gasteiger charge is -2.56. The monoisotopic (exact) mass is 449 g/mol. The summed E-state index contributed by atoms with van der Waals surface area (Å²) >= 11 is 0. The number of hydrogen-bond acceptors (Lipinski definition) is 5. The molecule has 32 heavy (non-hydrogen) atoms. The Morgan fingerprint density at radius 2 is 1.09 bits per heavy atom.